The van der Waals surface area contributed by atoms with Crippen LogP contribution in [0.5, 0.6) is 11.9 Å². The highest BCUT2D eigenvalue weighted by atomic mass is 19.4. The zero-order valence-electron chi connectivity index (χ0n) is 15.8. The van der Waals surface area contributed by atoms with E-state index in [-0.39, 0.29) is 17.8 Å². The van der Waals surface area contributed by atoms with Gasteiger partial charge in [0, 0.05) is 24.7 Å². The van der Waals surface area contributed by atoms with Gasteiger partial charge in [-0.25, -0.2) is 9.97 Å². The molecule has 3 heterocycles. The van der Waals surface area contributed by atoms with Crippen molar-refractivity contribution in [1.82, 2.24) is 24.5 Å². The minimum absolute atomic E-state index is 0.0407. The minimum Gasteiger partial charge on any atom is -0.406 e. The van der Waals surface area contributed by atoms with Crippen LogP contribution in [0.15, 0.2) is 23.1 Å². The Morgan fingerprint density at radius 3 is 2.62 bits per heavy atom. The van der Waals surface area contributed by atoms with Gasteiger partial charge in [0.15, 0.2) is 11.2 Å². The van der Waals surface area contributed by atoms with Crippen molar-refractivity contribution >= 4 is 11.2 Å². The second-order valence-electron chi connectivity index (χ2n) is 7.14. The van der Waals surface area contributed by atoms with Gasteiger partial charge in [-0.15, -0.1) is 0 Å². The number of imidazole rings is 1. The number of nitrogens with one attached hydrogen (secondary N) is 1. The fourth-order valence-electron chi connectivity index (χ4n) is 3.62. The summed E-state index contributed by atoms with van der Waals surface area (Å²) in [5.74, 6) is 0.976. The second-order valence-corrected chi connectivity index (χ2v) is 7.14. The average molecular weight is 407 g/mol. The van der Waals surface area contributed by atoms with Gasteiger partial charge in [0.25, 0.3) is 0 Å². The summed E-state index contributed by atoms with van der Waals surface area (Å²) >= 11 is 0. The maximum absolute atomic E-state index is 12.7. The SMILES string of the molecule is CCCn1c(Oc2ccc(C(F)(F)F)cn2)nc(=O)c2[nH]c(C3CCCC3)nc21. The molecule has 0 saturated heterocycles. The molecule has 0 aromatic carbocycles. The summed E-state index contributed by atoms with van der Waals surface area (Å²) in [6.45, 7) is 2.43. The van der Waals surface area contributed by atoms with Crippen molar-refractivity contribution in [3.05, 3.63) is 40.1 Å². The first-order valence-corrected chi connectivity index (χ1v) is 9.58. The Labute approximate surface area is 164 Å². The van der Waals surface area contributed by atoms with Crippen LogP contribution in [0, 0.1) is 0 Å². The Morgan fingerprint density at radius 1 is 1.24 bits per heavy atom. The fraction of sp³-hybridized carbons (Fsp3) is 0.474. The molecule has 3 aromatic heterocycles. The van der Waals surface area contributed by atoms with Crippen molar-refractivity contribution < 1.29 is 17.9 Å². The second kappa shape index (κ2) is 7.49. The van der Waals surface area contributed by atoms with Crippen LogP contribution in [-0.2, 0) is 12.7 Å². The van der Waals surface area contributed by atoms with E-state index in [0.29, 0.717) is 23.9 Å². The number of H-pyrrole nitrogens is 1. The summed E-state index contributed by atoms with van der Waals surface area (Å²) in [5, 5.41) is 0. The molecule has 0 spiro atoms. The Morgan fingerprint density at radius 2 is 2.00 bits per heavy atom. The number of nitrogens with zero attached hydrogens (tertiary/aromatic N) is 4. The number of pyridine rings is 1. The minimum atomic E-state index is -4.49. The lowest BCUT2D eigenvalue weighted by Gasteiger charge is -2.12. The third kappa shape index (κ3) is 3.83. The van der Waals surface area contributed by atoms with Crippen molar-refractivity contribution in [2.45, 2.75) is 57.7 Å². The third-order valence-corrected chi connectivity index (χ3v) is 5.05. The van der Waals surface area contributed by atoms with Gasteiger partial charge in [-0.1, -0.05) is 19.8 Å². The van der Waals surface area contributed by atoms with Gasteiger partial charge in [0.2, 0.25) is 5.88 Å². The highest BCUT2D eigenvalue weighted by molar-refractivity contribution is 5.70. The highest BCUT2D eigenvalue weighted by Crippen LogP contribution is 2.34. The van der Waals surface area contributed by atoms with E-state index in [0.717, 1.165) is 50.1 Å². The molecule has 0 aliphatic heterocycles. The molecular formula is C19H20F3N5O2. The molecule has 29 heavy (non-hydrogen) atoms. The normalized spacial score (nSPS) is 15.3. The molecule has 4 rings (SSSR count). The predicted octanol–water partition coefficient (Wildman–Crippen LogP) is 4.39. The van der Waals surface area contributed by atoms with Gasteiger partial charge in [-0.3, -0.25) is 9.36 Å². The molecule has 0 unspecified atom stereocenters. The molecule has 7 nitrogen and oxygen atoms in total. The number of rotatable bonds is 5. The zero-order chi connectivity index (χ0) is 20.6. The quantitative estimate of drug-likeness (QED) is 0.678. The Balaban J connectivity index is 1.73. The molecule has 1 aliphatic carbocycles. The molecular weight excluding hydrogens is 387 g/mol. The van der Waals surface area contributed by atoms with Crippen molar-refractivity contribution in [2.24, 2.45) is 0 Å². The van der Waals surface area contributed by atoms with E-state index in [1.54, 1.807) is 4.57 Å². The van der Waals surface area contributed by atoms with E-state index in [1.807, 2.05) is 6.92 Å². The van der Waals surface area contributed by atoms with E-state index in [1.165, 1.54) is 0 Å². The van der Waals surface area contributed by atoms with Gasteiger partial charge in [0.05, 0.1) is 5.56 Å². The van der Waals surface area contributed by atoms with Crippen LogP contribution in [0.1, 0.15) is 56.3 Å². The Kier molecular flexibility index (Phi) is 5.01. The molecule has 154 valence electrons. The summed E-state index contributed by atoms with van der Waals surface area (Å²) < 4.78 is 45.4. The van der Waals surface area contributed by atoms with Crippen LogP contribution in [0.3, 0.4) is 0 Å². The Bertz CT molecular complexity index is 1070. The number of ether oxygens (including phenoxy) is 1. The van der Waals surface area contributed by atoms with Crippen molar-refractivity contribution in [3.63, 3.8) is 0 Å². The first-order valence-electron chi connectivity index (χ1n) is 9.58. The number of alkyl halides is 3. The maximum atomic E-state index is 12.7. The first-order chi connectivity index (χ1) is 13.9. The molecule has 0 atom stereocenters. The summed E-state index contributed by atoms with van der Waals surface area (Å²) in [5.41, 5.74) is -0.650. The van der Waals surface area contributed by atoms with Gasteiger partial charge < -0.3 is 9.72 Å². The molecule has 1 aliphatic rings. The fourth-order valence-corrected chi connectivity index (χ4v) is 3.62. The number of aromatic nitrogens is 5. The third-order valence-electron chi connectivity index (χ3n) is 5.05. The van der Waals surface area contributed by atoms with E-state index in [9.17, 15) is 18.0 Å². The van der Waals surface area contributed by atoms with Crippen molar-refractivity contribution in [3.8, 4) is 11.9 Å². The number of halogens is 3. The predicted molar refractivity (Wildman–Crippen MR) is 99.0 cm³/mol. The molecule has 0 amide bonds. The van der Waals surface area contributed by atoms with Crippen LogP contribution in [-0.4, -0.2) is 24.5 Å². The molecule has 0 bridgehead atoms. The smallest absolute Gasteiger partial charge is 0.406 e. The average Bonchev–Trinajstić information content (AvgIpc) is 3.34. The highest BCUT2D eigenvalue weighted by Gasteiger charge is 2.31. The van der Waals surface area contributed by atoms with Crippen LogP contribution in [0.2, 0.25) is 0 Å². The summed E-state index contributed by atoms with van der Waals surface area (Å²) in [7, 11) is 0. The number of hydrogen-bond donors (Lipinski definition) is 1. The maximum Gasteiger partial charge on any atom is 0.417 e. The zero-order valence-corrected chi connectivity index (χ0v) is 15.8. The standard InChI is InChI=1S/C19H20F3N5O2/c1-2-9-27-16-14(24-15(25-16)11-5-3-4-6-11)17(28)26-18(27)29-13-8-7-12(10-23-13)19(20,21)22/h7-8,10-11H,2-6,9H2,1H3,(H,24,25). The van der Waals surface area contributed by atoms with Crippen molar-refractivity contribution in [2.75, 3.05) is 0 Å². The van der Waals surface area contributed by atoms with E-state index in [4.69, 9.17) is 4.74 Å². The topological polar surface area (TPSA) is 85.7 Å². The van der Waals surface area contributed by atoms with E-state index < -0.39 is 17.3 Å². The van der Waals surface area contributed by atoms with Gasteiger partial charge >= 0.3 is 17.7 Å². The molecule has 1 fully saturated rings. The van der Waals surface area contributed by atoms with Crippen LogP contribution in [0.4, 0.5) is 13.2 Å². The van der Waals surface area contributed by atoms with Gasteiger partial charge in [-0.05, 0) is 25.3 Å². The molecule has 0 radical (unpaired) electrons. The summed E-state index contributed by atoms with van der Waals surface area (Å²) in [4.78, 5) is 27.9. The lowest BCUT2D eigenvalue weighted by Crippen LogP contribution is -2.16. The lowest BCUT2D eigenvalue weighted by atomic mass is 10.1. The van der Waals surface area contributed by atoms with Crippen LogP contribution in [0.25, 0.3) is 11.2 Å². The van der Waals surface area contributed by atoms with Gasteiger partial charge in [-0.2, -0.15) is 18.2 Å². The largest absolute Gasteiger partial charge is 0.417 e. The number of hydrogen-bond acceptors (Lipinski definition) is 5. The van der Waals surface area contributed by atoms with E-state index in [2.05, 4.69) is 19.9 Å². The Hall–Kier alpha value is -2.91. The molecule has 1 saturated carbocycles. The van der Waals surface area contributed by atoms with Crippen molar-refractivity contribution in [1.29, 1.82) is 0 Å². The van der Waals surface area contributed by atoms with Crippen LogP contribution >= 0.6 is 0 Å². The van der Waals surface area contributed by atoms with Gasteiger partial charge in [0.1, 0.15) is 5.82 Å². The van der Waals surface area contributed by atoms with Crippen LogP contribution < -0.4 is 10.3 Å². The summed E-state index contributed by atoms with van der Waals surface area (Å²) in [6.07, 6.45) is 1.23. The number of aromatic amines is 1. The summed E-state index contributed by atoms with van der Waals surface area (Å²) in [6, 6.07) is 1.93. The van der Waals surface area contributed by atoms with E-state index >= 15 is 0 Å². The molecule has 1 N–H and O–H groups in total. The molecule has 10 heteroatoms. The first kappa shape index (κ1) is 19.4. The lowest BCUT2D eigenvalue weighted by molar-refractivity contribution is -0.137. The molecule has 3 aromatic rings. The number of aryl methyl sites for hydroxylation is 1. The monoisotopic (exact) mass is 407 g/mol. The number of fused-ring (bicyclic) bond motifs is 1.